The second-order valence-corrected chi connectivity index (χ2v) is 5.10. The van der Waals surface area contributed by atoms with Gasteiger partial charge in [-0.1, -0.05) is 36.6 Å². The molecule has 0 radical (unpaired) electrons. The van der Waals surface area contributed by atoms with E-state index in [4.69, 9.17) is 16.3 Å². The minimum absolute atomic E-state index is 0.500. The van der Waals surface area contributed by atoms with E-state index in [9.17, 15) is 4.79 Å². The Kier molecular flexibility index (Phi) is 3.74. The number of benzene rings is 1. The van der Waals surface area contributed by atoms with Crippen molar-refractivity contribution in [1.29, 1.82) is 0 Å². The van der Waals surface area contributed by atoms with E-state index < -0.39 is 5.54 Å². The van der Waals surface area contributed by atoms with Crippen molar-refractivity contribution in [2.24, 2.45) is 4.99 Å². The molecule has 0 heterocycles. The number of halogens is 1. The lowest BCUT2D eigenvalue weighted by atomic mass is 9.88. The van der Waals surface area contributed by atoms with Crippen molar-refractivity contribution >= 4 is 17.7 Å². The van der Waals surface area contributed by atoms with Gasteiger partial charge >= 0.3 is 0 Å². The Balaban J connectivity index is 2.59. The first-order chi connectivity index (χ1) is 8.64. The van der Waals surface area contributed by atoms with E-state index >= 15 is 0 Å². The fourth-order valence-electron chi connectivity index (χ4n) is 2.75. The molecule has 1 aromatic rings. The summed E-state index contributed by atoms with van der Waals surface area (Å²) in [6, 6.07) is 3.91. The molecule has 1 saturated carbocycles. The van der Waals surface area contributed by atoms with E-state index in [0.29, 0.717) is 10.8 Å². The van der Waals surface area contributed by atoms with Crippen LogP contribution in [0.3, 0.4) is 0 Å². The molecule has 0 atom stereocenters. The van der Waals surface area contributed by atoms with Crippen molar-refractivity contribution in [3.05, 3.63) is 28.3 Å². The first-order valence-corrected chi connectivity index (χ1v) is 6.45. The van der Waals surface area contributed by atoms with Gasteiger partial charge in [-0.15, -0.1) is 0 Å². The lowest BCUT2D eigenvalue weighted by Crippen LogP contribution is -2.19. The minimum atomic E-state index is -0.500. The van der Waals surface area contributed by atoms with Gasteiger partial charge < -0.3 is 4.74 Å². The SMILES string of the molecule is COc1c(C)ccc(C2(N=C=O)CCCC2)c1Cl. The van der Waals surface area contributed by atoms with Gasteiger partial charge in [-0.05, 0) is 25.3 Å². The largest absolute Gasteiger partial charge is 0.495 e. The molecule has 1 aliphatic carbocycles. The van der Waals surface area contributed by atoms with Crippen molar-refractivity contribution in [3.8, 4) is 5.75 Å². The third-order valence-electron chi connectivity index (χ3n) is 3.69. The van der Waals surface area contributed by atoms with Crippen molar-refractivity contribution in [2.45, 2.75) is 38.1 Å². The van der Waals surface area contributed by atoms with Crippen LogP contribution in [0.25, 0.3) is 0 Å². The molecule has 1 fully saturated rings. The summed E-state index contributed by atoms with van der Waals surface area (Å²) in [6.07, 6.45) is 5.49. The molecule has 96 valence electrons. The molecule has 0 aliphatic heterocycles. The van der Waals surface area contributed by atoms with Crippen LogP contribution in [0.1, 0.15) is 36.8 Å². The molecule has 4 heteroatoms. The monoisotopic (exact) mass is 265 g/mol. The molecule has 0 N–H and O–H groups in total. The molecular weight excluding hydrogens is 250 g/mol. The van der Waals surface area contributed by atoms with E-state index in [2.05, 4.69) is 4.99 Å². The molecule has 0 saturated heterocycles. The van der Waals surface area contributed by atoms with Crippen LogP contribution in [-0.4, -0.2) is 13.2 Å². The fourth-order valence-corrected chi connectivity index (χ4v) is 3.22. The summed E-state index contributed by atoms with van der Waals surface area (Å²) >= 11 is 6.40. The van der Waals surface area contributed by atoms with Crippen molar-refractivity contribution in [1.82, 2.24) is 0 Å². The number of hydrogen-bond acceptors (Lipinski definition) is 3. The first kappa shape index (κ1) is 13.1. The molecule has 3 nitrogen and oxygen atoms in total. The Bertz CT molecular complexity index is 501. The maximum atomic E-state index is 10.7. The number of aliphatic imine (C=N–C) groups is 1. The number of methoxy groups -OCH3 is 1. The smallest absolute Gasteiger partial charge is 0.235 e. The summed E-state index contributed by atoms with van der Waals surface area (Å²) in [7, 11) is 1.60. The van der Waals surface area contributed by atoms with Crippen LogP contribution in [0.2, 0.25) is 5.02 Å². The lowest BCUT2D eigenvalue weighted by Gasteiger charge is -2.25. The van der Waals surface area contributed by atoms with E-state index in [-0.39, 0.29) is 0 Å². The molecule has 1 aliphatic rings. The second-order valence-electron chi connectivity index (χ2n) is 4.72. The summed E-state index contributed by atoms with van der Waals surface area (Å²) in [5.41, 5.74) is 1.36. The number of hydrogen-bond donors (Lipinski definition) is 0. The Labute approximate surface area is 112 Å². The molecule has 0 spiro atoms. The Morgan fingerprint density at radius 3 is 2.61 bits per heavy atom. The molecule has 0 aromatic heterocycles. The van der Waals surface area contributed by atoms with Crippen LogP contribution in [0.5, 0.6) is 5.75 Å². The summed E-state index contributed by atoms with van der Waals surface area (Å²) in [5.74, 6) is 0.668. The first-order valence-electron chi connectivity index (χ1n) is 6.07. The minimum Gasteiger partial charge on any atom is -0.495 e. The zero-order chi connectivity index (χ0) is 13.2. The van der Waals surface area contributed by atoms with Crippen LogP contribution >= 0.6 is 11.6 Å². The normalized spacial score (nSPS) is 17.3. The van der Waals surface area contributed by atoms with E-state index in [1.165, 1.54) is 0 Å². The van der Waals surface area contributed by atoms with Gasteiger partial charge in [-0.3, -0.25) is 0 Å². The Hall–Kier alpha value is -1.31. The zero-order valence-electron chi connectivity index (χ0n) is 10.6. The van der Waals surface area contributed by atoms with Gasteiger partial charge in [0.15, 0.2) is 0 Å². The summed E-state index contributed by atoms with van der Waals surface area (Å²) in [6.45, 7) is 1.94. The topological polar surface area (TPSA) is 38.7 Å². The number of rotatable bonds is 3. The van der Waals surface area contributed by atoms with E-state index in [0.717, 1.165) is 36.8 Å². The van der Waals surface area contributed by atoms with E-state index in [1.807, 2.05) is 19.1 Å². The molecule has 0 amide bonds. The van der Waals surface area contributed by atoms with E-state index in [1.54, 1.807) is 13.2 Å². The number of ether oxygens (including phenoxy) is 1. The predicted molar refractivity (Wildman–Crippen MR) is 71.0 cm³/mol. The Morgan fingerprint density at radius 2 is 2.06 bits per heavy atom. The third kappa shape index (κ3) is 2.05. The molecule has 0 bridgehead atoms. The van der Waals surface area contributed by atoms with Gasteiger partial charge in [0.1, 0.15) is 5.75 Å². The highest BCUT2D eigenvalue weighted by Crippen LogP contribution is 2.47. The predicted octanol–water partition coefficient (Wildman–Crippen LogP) is 3.76. The number of nitrogens with zero attached hydrogens (tertiary/aromatic N) is 1. The maximum absolute atomic E-state index is 10.7. The highest BCUT2D eigenvalue weighted by atomic mass is 35.5. The number of isocyanates is 1. The molecule has 18 heavy (non-hydrogen) atoms. The van der Waals surface area contributed by atoms with Crippen LogP contribution in [-0.2, 0) is 10.3 Å². The van der Waals surface area contributed by atoms with Gasteiger partial charge in [-0.2, -0.15) is 4.99 Å². The van der Waals surface area contributed by atoms with Gasteiger partial charge in [0.2, 0.25) is 6.08 Å². The molecular formula is C14H16ClNO2. The standard InChI is InChI=1S/C14H16ClNO2/c1-10-5-6-11(12(15)13(10)18-2)14(16-9-17)7-3-4-8-14/h5-6H,3-4,7-8H2,1-2H3. The van der Waals surface area contributed by atoms with Crippen LogP contribution in [0, 0.1) is 6.92 Å². The Morgan fingerprint density at radius 1 is 1.39 bits per heavy atom. The number of aryl methyl sites for hydroxylation is 1. The summed E-state index contributed by atoms with van der Waals surface area (Å²) < 4.78 is 5.33. The van der Waals surface area contributed by atoms with Crippen LogP contribution in [0.4, 0.5) is 0 Å². The maximum Gasteiger partial charge on any atom is 0.235 e. The number of carbonyl (C=O) groups excluding carboxylic acids is 1. The lowest BCUT2D eigenvalue weighted by molar-refractivity contribution is 0.405. The van der Waals surface area contributed by atoms with Crippen molar-refractivity contribution < 1.29 is 9.53 Å². The van der Waals surface area contributed by atoms with Crippen LogP contribution < -0.4 is 4.74 Å². The third-order valence-corrected chi connectivity index (χ3v) is 4.07. The second kappa shape index (κ2) is 5.13. The van der Waals surface area contributed by atoms with Crippen LogP contribution in [0.15, 0.2) is 17.1 Å². The van der Waals surface area contributed by atoms with Gasteiger partial charge in [0.25, 0.3) is 0 Å². The average Bonchev–Trinajstić information content (AvgIpc) is 2.79. The van der Waals surface area contributed by atoms with Crippen molar-refractivity contribution in [2.75, 3.05) is 7.11 Å². The highest BCUT2D eigenvalue weighted by molar-refractivity contribution is 6.33. The quantitative estimate of drug-likeness (QED) is 0.616. The van der Waals surface area contributed by atoms with Gasteiger partial charge in [0, 0.05) is 5.56 Å². The van der Waals surface area contributed by atoms with Gasteiger partial charge in [0.05, 0.1) is 17.7 Å². The zero-order valence-corrected chi connectivity index (χ0v) is 11.4. The molecule has 1 aromatic carbocycles. The molecule has 2 rings (SSSR count). The summed E-state index contributed by atoms with van der Waals surface area (Å²) in [4.78, 5) is 14.8. The highest BCUT2D eigenvalue weighted by Gasteiger charge is 2.38. The van der Waals surface area contributed by atoms with Crippen molar-refractivity contribution in [3.63, 3.8) is 0 Å². The fraction of sp³-hybridized carbons (Fsp3) is 0.500. The average molecular weight is 266 g/mol. The molecule has 0 unspecified atom stereocenters. The van der Waals surface area contributed by atoms with Gasteiger partial charge in [-0.25, -0.2) is 4.79 Å². The summed E-state index contributed by atoms with van der Waals surface area (Å²) in [5, 5.41) is 0.568.